The van der Waals surface area contributed by atoms with E-state index in [-0.39, 0.29) is 11.8 Å². The Balaban J connectivity index is 1.38. The van der Waals surface area contributed by atoms with Crippen molar-refractivity contribution in [1.82, 2.24) is 9.78 Å². The highest BCUT2D eigenvalue weighted by molar-refractivity contribution is 9.10. The summed E-state index contributed by atoms with van der Waals surface area (Å²) in [5.41, 5.74) is 2.86. The number of carbonyl (C=O) groups is 2. The van der Waals surface area contributed by atoms with Gasteiger partial charge in [0.2, 0.25) is 11.8 Å². The minimum Gasteiger partial charge on any atom is -0.312 e. The molecule has 0 radical (unpaired) electrons. The number of aromatic nitrogens is 2. The minimum absolute atomic E-state index is 0.164. The molecule has 0 spiro atoms. The van der Waals surface area contributed by atoms with Crippen LogP contribution in [0.2, 0.25) is 0 Å². The lowest BCUT2D eigenvalue weighted by Crippen LogP contribution is -2.23. The maximum Gasteiger partial charge on any atom is 0.249 e. The molecule has 2 amide bonds. The lowest BCUT2D eigenvalue weighted by Gasteiger charge is -2.15. The zero-order valence-corrected chi connectivity index (χ0v) is 17.9. The average Bonchev–Trinajstić information content (AvgIpc) is 3.37. The first-order valence-corrected chi connectivity index (χ1v) is 10.5. The Kier molecular flexibility index (Phi) is 6.09. The first-order valence-electron chi connectivity index (χ1n) is 9.75. The van der Waals surface area contributed by atoms with Crippen LogP contribution in [0.4, 0.5) is 11.5 Å². The van der Waals surface area contributed by atoms with Crippen molar-refractivity contribution >= 4 is 45.3 Å². The molecule has 1 aromatic heterocycles. The van der Waals surface area contributed by atoms with Gasteiger partial charge < -0.3 is 10.2 Å². The molecule has 2 heterocycles. The molecule has 6 nitrogen and oxygen atoms in total. The van der Waals surface area contributed by atoms with E-state index in [4.69, 9.17) is 0 Å². The van der Waals surface area contributed by atoms with Crippen molar-refractivity contribution in [1.29, 1.82) is 0 Å². The van der Waals surface area contributed by atoms with Crippen molar-refractivity contribution in [3.63, 3.8) is 0 Å². The second kappa shape index (κ2) is 9.09. The number of hydrogen-bond acceptors (Lipinski definition) is 3. The number of benzene rings is 2. The van der Waals surface area contributed by atoms with Crippen LogP contribution in [-0.2, 0) is 16.1 Å². The van der Waals surface area contributed by atoms with Gasteiger partial charge in [0.05, 0.1) is 12.7 Å². The maximum atomic E-state index is 12.4. The first kappa shape index (κ1) is 20.1. The summed E-state index contributed by atoms with van der Waals surface area (Å²) in [5.74, 6) is 0.558. The fraction of sp³-hybridized carbons (Fsp3) is 0.174. The first-order chi connectivity index (χ1) is 14.6. The molecule has 1 N–H and O–H groups in total. The van der Waals surface area contributed by atoms with Crippen LogP contribution in [0.5, 0.6) is 0 Å². The number of nitrogens with one attached hydrogen (secondary N) is 1. The SMILES string of the molecule is O=C(/C=C/c1ccc(N2CCCC2=O)cc1)Nc1ccnn1Cc1ccccc1Br. The van der Waals surface area contributed by atoms with Crippen molar-refractivity contribution in [2.45, 2.75) is 19.4 Å². The monoisotopic (exact) mass is 464 g/mol. The second-order valence-corrected chi connectivity index (χ2v) is 7.88. The van der Waals surface area contributed by atoms with Gasteiger partial charge in [0.15, 0.2) is 0 Å². The smallest absolute Gasteiger partial charge is 0.249 e. The van der Waals surface area contributed by atoms with Crippen LogP contribution < -0.4 is 10.2 Å². The largest absolute Gasteiger partial charge is 0.312 e. The Morgan fingerprint density at radius 1 is 1.13 bits per heavy atom. The number of halogens is 1. The molecule has 152 valence electrons. The van der Waals surface area contributed by atoms with E-state index in [1.54, 1.807) is 27.9 Å². The Morgan fingerprint density at radius 2 is 1.93 bits per heavy atom. The number of amides is 2. The van der Waals surface area contributed by atoms with Gasteiger partial charge in [-0.1, -0.05) is 46.3 Å². The summed E-state index contributed by atoms with van der Waals surface area (Å²) in [6.45, 7) is 1.31. The zero-order valence-electron chi connectivity index (χ0n) is 16.3. The van der Waals surface area contributed by atoms with Crippen LogP contribution in [0.15, 0.2) is 71.3 Å². The highest BCUT2D eigenvalue weighted by atomic mass is 79.9. The van der Waals surface area contributed by atoms with E-state index >= 15 is 0 Å². The van der Waals surface area contributed by atoms with Crippen LogP contribution >= 0.6 is 15.9 Å². The summed E-state index contributed by atoms with van der Waals surface area (Å²) in [7, 11) is 0. The molecule has 1 aliphatic heterocycles. The Hall–Kier alpha value is -3.19. The molecule has 1 saturated heterocycles. The van der Waals surface area contributed by atoms with E-state index in [9.17, 15) is 9.59 Å². The molecule has 2 aromatic carbocycles. The average molecular weight is 465 g/mol. The fourth-order valence-electron chi connectivity index (χ4n) is 3.38. The highest BCUT2D eigenvalue weighted by Gasteiger charge is 2.21. The lowest BCUT2D eigenvalue weighted by molar-refractivity contribution is -0.117. The molecule has 0 unspecified atom stereocenters. The van der Waals surface area contributed by atoms with Crippen molar-refractivity contribution in [3.05, 3.63) is 82.5 Å². The van der Waals surface area contributed by atoms with Crippen LogP contribution in [0, 0.1) is 0 Å². The van der Waals surface area contributed by atoms with E-state index in [0.29, 0.717) is 18.8 Å². The number of anilines is 2. The van der Waals surface area contributed by atoms with E-state index in [1.165, 1.54) is 6.08 Å². The maximum absolute atomic E-state index is 12.4. The lowest BCUT2D eigenvalue weighted by atomic mass is 10.2. The van der Waals surface area contributed by atoms with Crippen molar-refractivity contribution < 1.29 is 9.59 Å². The number of nitrogens with zero attached hydrogens (tertiary/aromatic N) is 3. The second-order valence-electron chi connectivity index (χ2n) is 7.03. The number of carbonyl (C=O) groups excluding carboxylic acids is 2. The summed E-state index contributed by atoms with van der Waals surface area (Å²) < 4.78 is 2.74. The van der Waals surface area contributed by atoms with Gasteiger partial charge in [0, 0.05) is 35.3 Å². The van der Waals surface area contributed by atoms with Crippen LogP contribution in [0.3, 0.4) is 0 Å². The number of rotatable bonds is 6. The van der Waals surface area contributed by atoms with Gasteiger partial charge in [-0.25, -0.2) is 4.68 Å². The van der Waals surface area contributed by atoms with Gasteiger partial charge in [-0.15, -0.1) is 0 Å². The van der Waals surface area contributed by atoms with Gasteiger partial charge >= 0.3 is 0 Å². The Labute approximate surface area is 183 Å². The van der Waals surface area contributed by atoms with Gasteiger partial charge in [0.1, 0.15) is 5.82 Å². The van der Waals surface area contributed by atoms with Gasteiger partial charge in [-0.2, -0.15) is 5.10 Å². The normalized spacial score (nSPS) is 13.9. The summed E-state index contributed by atoms with van der Waals surface area (Å²) in [5, 5.41) is 7.17. The molecule has 4 rings (SSSR count). The molecule has 0 aliphatic carbocycles. The number of hydrogen-bond donors (Lipinski definition) is 1. The molecule has 0 atom stereocenters. The van der Waals surface area contributed by atoms with E-state index in [0.717, 1.165) is 34.3 Å². The third kappa shape index (κ3) is 4.68. The summed E-state index contributed by atoms with van der Waals surface area (Å²) in [6, 6.07) is 17.3. The molecule has 30 heavy (non-hydrogen) atoms. The third-order valence-corrected chi connectivity index (χ3v) is 5.72. The standard InChI is InChI=1S/C23H21BrN4O2/c24-20-5-2-1-4-18(20)16-28-21(13-14-25-28)26-22(29)12-9-17-7-10-19(11-8-17)27-15-3-6-23(27)30/h1-2,4-5,7-14H,3,6,15-16H2,(H,26,29)/b12-9+. The van der Waals surface area contributed by atoms with E-state index in [2.05, 4.69) is 26.3 Å². The van der Waals surface area contributed by atoms with Gasteiger partial charge in [-0.3, -0.25) is 9.59 Å². The predicted molar refractivity (Wildman–Crippen MR) is 121 cm³/mol. The van der Waals surface area contributed by atoms with Crippen molar-refractivity contribution in [2.75, 3.05) is 16.8 Å². The Bertz CT molecular complexity index is 1090. The molecule has 0 bridgehead atoms. The summed E-state index contributed by atoms with van der Waals surface area (Å²) in [4.78, 5) is 26.0. The molecule has 1 aliphatic rings. The molecule has 1 fully saturated rings. The fourth-order valence-corrected chi connectivity index (χ4v) is 3.79. The topological polar surface area (TPSA) is 67.2 Å². The van der Waals surface area contributed by atoms with Crippen LogP contribution in [0.1, 0.15) is 24.0 Å². The zero-order chi connectivity index (χ0) is 20.9. The quantitative estimate of drug-likeness (QED) is 0.547. The summed E-state index contributed by atoms with van der Waals surface area (Å²) >= 11 is 3.54. The van der Waals surface area contributed by atoms with Gasteiger partial charge in [-0.05, 0) is 41.8 Å². The molecular formula is C23H21BrN4O2. The molecule has 7 heteroatoms. The molecular weight excluding hydrogens is 444 g/mol. The van der Waals surface area contributed by atoms with E-state index < -0.39 is 0 Å². The van der Waals surface area contributed by atoms with E-state index in [1.807, 2.05) is 48.5 Å². The Morgan fingerprint density at radius 3 is 2.67 bits per heavy atom. The van der Waals surface area contributed by atoms with Gasteiger partial charge in [0.25, 0.3) is 0 Å². The van der Waals surface area contributed by atoms with Crippen LogP contribution in [0.25, 0.3) is 6.08 Å². The van der Waals surface area contributed by atoms with Crippen molar-refractivity contribution in [2.24, 2.45) is 0 Å². The van der Waals surface area contributed by atoms with Crippen LogP contribution in [-0.4, -0.2) is 28.1 Å². The molecule has 0 saturated carbocycles. The minimum atomic E-state index is -0.234. The summed E-state index contributed by atoms with van der Waals surface area (Å²) in [6.07, 6.45) is 6.41. The molecule has 3 aromatic rings. The van der Waals surface area contributed by atoms with Crippen molar-refractivity contribution in [3.8, 4) is 0 Å². The predicted octanol–water partition coefficient (Wildman–Crippen LogP) is 4.47. The third-order valence-electron chi connectivity index (χ3n) is 4.95. The highest BCUT2D eigenvalue weighted by Crippen LogP contribution is 2.22.